The fourth-order valence-electron chi connectivity index (χ4n) is 4.19. The lowest BCUT2D eigenvalue weighted by Crippen LogP contribution is -2.79. The van der Waals surface area contributed by atoms with Gasteiger partial charge in [0.2, 0.25) is 0 Å². The van der Waals surface area contributed by atoms with Gasteiger partial charge in [0.1, 0.15) is 5.22 Å². The largest absolute Gasteiger partial charge is 0.431 e. The number of rotatable bonds is 7. The van der Waals surface area contributed by atoms with Gasteiger partial charge >= 0.3 is 8.56 Å². The van der Waals surface area contributed by atoms with E-state index in [1.54, 1.807) is 0 Å². The molecule has 1 aliphatic heterocycles. The predicted molar refractivity (Wildman–Crippen MR) is 144 cm³/mol. The van der Waals surface area contributed by atoms with E-state index in [9.17, 15) is 0 Å². The second kappa shape index (κ2) is 8.57. The van der Waals surface area contributed by atoms with Crippen LogP contribution in [-0.2, 0) is 13.0 Å². The van der Waals surface area contributed by atoms with E-state index in [0.29, 0.717) is 0 Å². The molecule has 0 N–H and O–H groups in total. The molecule has 0 amide bonds. The molecule has 0 bridgehead atoms. The molecule has 1 aliphatic rings. The van der Waals surface area contributed by atoms with Crippen molar-refractivity contribution in [2.45, 2.75) is 95.9 Å². The minimum absolute atomic E-state index is 0.168. The molecule has 29 heavy (non-hydrogen) atoms. The molecule has 0 radical (unpaired) electrons. The fraction of sp³-hybridized carbons (Fsp3) is 0.714. The van der Waals surface area contributed by atoms with E-state index in [1.165, 1.54) is 5.19 Å². The lowest BCUT2D eigenvalue weighted by molar-refractivity contribution is 0.0401. The molecule has 8 heteroatoms. The molecule has 1 heterocycles. The lowest BCUT2D eigenvalue weighted by Gasteiger charge is -2.58. The van der Waals surface area contributed by atoms with Crippen LogP contribution in [0.5, 0.6) is 0 Å². The molecule has 0 aliphatic carbocycles. The summed E-state index contributed by atoms with van der Waals surface area (Å²) < 4.78 is 21.8. The van der Waals surface area contributed by atoms with Gasteiger partial charge < -0.3 is 13.0 Å². The molecule has 2 rings (SSSR count). The van der Waals surface area contributed by atoms with E-state index in [2.05, 4.69) is 119 Å². The molecular weight excluding hydrogens is 539 g/mol. The molecular formula is C21H41IO3Si4. The quantitative estimate of drug-likeness (QED) is 0.210. The maximum atomic E-state index is 7.47. The summed E-state index contributed by atoms with van der Waals surface area (Å²) in [6.07, 6.45) is 2.02. The normalized spacial score (nSPS) is 30.0. The highest BCUT2D eigenvalue weighted by Crippen LogP contribution is 2.46. The topological polar surface area (TPSA) is 27.7 Å². The van der Waals surface area contributed by atoms with E-state index in [-0.39, 0.29) is 10.4 Å². The van der Waals surface area contributed by atoms with Crippen molar-refractivity contribution in [2.75, 3.05) is 0 Å². The van der Waals surface area contributed by atoms with Gasteiger partial charge in [-0.05, 0) is 64.1 Å². The summed E-state index contributed by atoms with van der Waals surface area (Å²) in [5, 5.41) is 0.679. The highest BCUT2D eigenvalue weighted by molar-refractivity contribution is 14.1. The summed E-state index contributed by atoms with van der Waals surface area (Å²) >= 11 is 2.54. The molecule has 3 atom stereocenters. The predicted octanol–water partition coefficient (Wildman–Crippen LogP) is 6.48. The zero-order chi connectivity index (χ0) is 22.4. The van der Waals surface area contributed by atoms with Crippen LogP contribution in [0, 0.1) is 0 Å². The third kappa shape index (κ3) is 5.55. The Kier molecular flexibility index (Phi) is 7.67. The Morgan fingerprint density at radius 3 is 2.14 bits per heavy atom. The van der Waals surface area contributed by atoms with Crippen molar-refractivity contribution >= 4 is 57.8 Å². The first-order valence-electron chi connectivity index (χ1n) is 10.8. The molecule has 1 fully saturated rings. The van der Waals surface area contributed by atoms with E-state index >= 15 is 0 Å². The standard InChI is InChI=1S/C21H41IO3Si4/c1-11-20(2,26(4,5)6)24-29(19-15-13-12-14-16-19)21(3,23-28(9,10)22)17-18-27(7,8)25-29/h12-16H,11,17-18H2,1-10H3. The third-order valence-electron chi connectivity index (χ3n) is 6.57. The fourth-order valence-corrected chi connectivity index (χ4v) is 20.6. The summed E-state index contributed by atoms with van der Waals surface area (Å²) in [6, 6.07) is 11.9. The zero-order valence-corrected chi connectivity index (χ0v) is 26.3. The average molecular weight is 581 g/mol. The lowest BCUT2D eigenvalue weighted by atomic mass is 10.3. The SMILES string of the molecule is CCC(C)(O[Si]1(c2ccccc2)O[Si](C)(C)CCC1(C)O[Si](C)(C)I)[Si](C)(C)C. The molecule has 1 saturated heterocycles. The number of benzene rings is 1. The summed E-state index contributed by atoms with van der Waals surface area (Å²) in [4.78, 5) is 0. The second-order valence-electron chi connectivity index (χ2n) is 11.0. The summed E-state index contributed by atoms with van der Waals surface area (Å²) in [5.74, 6) is -1.84. The van der Waals surface area contributed by atoms with Crippen LogP contribution in [0.3, 0.4) is 0 Å². The Morgan fingerprint density at radius 1 is 1.14 bits per heavy atom. The second-order valence-corrected chi connectivity index (χ2v) is 35.2. The highest BCUT2D eigenvalue weighted by atomic mass is 127. The number of halogens is 1. The van der Waals surface area contributed by atoms with Crippen LogP contribution >= 0.6 is 21.8 Å². The Balaban J connectivity index is 2.77. The Bertz CT molecular complexity index is 704. The molecule has 1 aromatic carbocycles. The van der Waals surface area contributed by atoms with Crippen molar-refractivity contribution in [3.63, 3.8) is 0 Å². The maximum Gasteiger partial charge on any atom is 0.394 e. The monoisotopic (exact) mass is 580 g/mol. The molecule has 0 saturated carbocycles. The summed E-state index contributed by atoms with van der Waals surface area (Å²) in [6.45, 7) is 23.4. The Morgan fingerprint density at radius 2 is 1.69 bits per heavy atom. The van der Waals surface area contributed by atoms with Crippen molar-refractivity contribution < 1.29 is 13.0 Å². The van der Waals surface area contributed by atoms with Gasteiger partial charge in [0.25, 0.3) is 5.81 Å². The van der Waals surface area contributed by atoms with E-state index in [0.717, 1.165) is 18.9 Å². The van der Waals surface area contributed by atoms with Gasteiger partial charge in [-0.25, -0.2) is 0 Å². The van der Waals surface area contributed by atoms with Crippen LogP contribution in [0.2, 0.25) is 51.9 Å². The molecule has 1 aromatic rings. The zero-order valence-electron chi connectivity index (χ0n) is 20.1. The smallest absolute Gasteiger partial charge is 0.394 e. The van der Waals surface area contributed by atoms with Crippen LogP contribution in [0.25, 0.3) is 0 Å². The summed E-state index contributed by atoms with van der Waals surface area (Å²) in [5.41, 5.74) is 0. The van der Waals surface area contributed by atoms with E-state index in [1.807, 2.05) is 0 Å². The minimum atomic E-state index is -2.92. The van der Waals surface area contributed by atoms with Crippen LogP contribution in [0.1, 0.15) is 33.6 Å². The molecule has 3 unspecified atom stereocenters. The Labute approximate surface area is 196 Å². The first kappa shape index (κ1) is 26.0. The van der Waals surface area contributed by atoms with Gasteiger partial charge in [0.05, 0.1) is 8.07 Å². The van der Waals surface area contributed by atoms with Gasteiger partial charge in [-0.15, -0.1) is 0 Å². The van der Waals surface area contributed by atoms with Crippen LogP contribution in [0.15, 0.2) is 30.3 Å². The molecule has 0 aromatic heterocycles. The van der Waals surface area contributed by atoms with E-state index in [4.69, 9.17) is 13.0 Å². The average Bonchev–Trinajstić information content (AvgIpc) is 2.56. The van der Waals surface area contributed by atoms with E-state index < -0.39 is 30.8 Å². The van der Waals surface area contributed by atoms with Gasteiger partial charge in [-0.2, -0.15) is 0 Å². The van der Waals surface area contributed by atoms with Crippen molar-refractivity contribution in [2.24, 2.45) is 0 Å². The van der Waals surface area contributed by atoms with Crippen molar-refractivity contribution in [1.82, 2.24) is 0 Å². The summed E-state index contributed by atoms with van der Waals surface area (Å²) in [7, 11) is -6.42. The molecule has 3 nitrogen and oxygen atoms in total. The van der Waals surface area contributed by atoms with Crippen LogP contribution in [-0.4, -0.2) is 41.2 Å². The first-order valence-corrected chi connectivity index (χ1v) is 25.3. The molecule has 166 valence electrons. The Hall–Kier alpha value is 0.698. The van der Waals surface area contributed by atoms with Gasteiger partial charge in [-0.3, -0.25) is 0 Å². The minimum Gasteiger partial charge on any atom is -0.431 e. The number of hydrogen-bond acceptors (Lipinski definition) is 3. The van der Waals surface area contributed by atoms with Crippen LogP contribution < -0.4 is 5.19 Å². The molecule has 0 spiro atoms. The third-order valence-corrected chi connectivity index (χ3v) is 20.6. The van der Waals surface area contributed by atoms with Crippen molar-refractivity contribution in [3.05, 3.63) is 30.3 Å². The van der Waals surface area contributed by atoms with Gasteiger partial charge in [0, 0.05) is 5.22 Å². The first-order chi connectivity index (χ1) is 13.0. The van der Waals surface area contributed by atoms with Gasteiger partial charge in [0.15, 0.2) is 8.32 Å². The van der Waals surface area contributed by atoms with Crippen molar-refractivity contribution in [1.29, 1.82) is 0 Å². The van der Waals surface area contributed by atoms with Crippen LogP contribution in [0.4, 0.5) is 0 Å². The van der Waals surface area contributed by atoms with Gasteiger partial charge in [-0.1, -0.05) is 78.7 Å². The van der Waals surface area contributed by atoms with Crippen molar-refractivity contribution in [3.8, 4) is 0 Å². The highest BCUT2D eigenvalue weighted by Gasteiger charge is 2.66. The number of hydrogen-bond donors (Lipinski definition) is 0. The maximum absolute atomic E-state index is 7.47.